The summed E-state index contributed by atoms with van der Waals surface area (Å²) >= 11 is 0. The maximum absolute atomic E-state index is 11.8. The molecule has 2 aliphatic rings. The fourth-order valence-electron chi connectivity index (χ4n) is 3.51. The zero-order valence-corrected chi connectivity index (χ0v) is 11.7. The standard InChI is InChI=1S/C16H19NO4/c18-15(19)12-6-11-8-14(13(11)7-12)17-16(20)21-9-10-4-2-1-3-5-10/h1-5,11-14H,6-9H2,(H,17,20)(H,18,19)/t11-,12?,13-,14-/m0/s1. The third-order valence-corrected chi connectivity index (χ3v) is 4.69. The highest BCUT2D eigenvalue weighted by Crippen LogP contribution is 2.49. The number of carboxylic acid groups (broad SMARTS) is 1. The molecular weight excluding hydrogens is 270 g/mol. The molecule has 1 amide bonds. The molecule has 1 unspecified atom stereocenters. The zero-order chi connectivity index (χ0) is 14.8. The first-order chi connectivity index (χ1) is 10.1. The summed E-state index contributed by atoms with van der Waals surface area (Å²) in [6.07, 6.45) is 1.87. The van der Waals surface area contributed by atoms with Crippen molar-refractivity contribution < 1.29 is 19.4 Å². The number of carbonyl (C=O) groups is 2. The Balaban J connectivity index is 1.43. The molecule has 5 heteroatoms. The molecule has 0 radical (unpaired) electrons. The van der Waals surface area contributed by atoms with E-state index >= 15 is 0 Å². The Morgan fingerprint density at radius 2 is 1.95 bits per heavy atom. The van der Waals surface area contributed by atoms with Crippen LogP contribution in [0.25, 0.3) is 0 Å². The number of carboxylic acids is 1. The Morgan fingerprint density at radius 1 is 1.19 bits per heavy atom. The van der Waals surface area contributed by atoms with Crippen LogP contribution < -0.4 is 5.32 Å². The van der Waals surface area contributed by atoms with Crippen molar-refractivity contribution in [2.24, 2.45) is 17.8 Å². The lowest BCUT2D eigenvalue weighted by atomic mass is 9.71. The Kier molecular flexibility index (Phi) is 3.82. The second-order valence-corrected chi connectivity index (χ2v) is 5.98. The van der Waals surface area contributed by atoms with E-state index in [0.717, 1.165) is 18.4 Å². The number of amides is 1. The van der Waals surface area contributed by atoms with Crippen LogP contribution >= 0.6 is 0 Å². The van der Waals surface area contributed by atoms with Crippen LogP contribution in [-0.2, 0) is 16.1 Å². The number of alkyl carbamates (subject to hydrolysis) is 1. The molecule has 1 aromatic carbocycles. The van der Waals surface area contributed by atoms with Crippen molar-refractivity contribution in [1.29, 1.82) is 0 Å². The minimum atomic E-state index is -0.713. The van der Waals surface area contributed by atoms with Gasteiger partial charge in [0, 0.05) is 6.04 Å². The fourth-order valence-corrected chi connectivity index (χ4v) is 3.51. The molecule has 2 fully saturated rings. The van der Waals surface area contributed by atoms with Gasteiger partial charge in [0.2, 0.25) is 0 Å². The number of rotatable bonds is 4. The predicted octanol–water partition coefficient (Wildman–Crippen LogP) is 2.41. The van der Waals surface area contributed by atoms with Gasteiger partial charge < -0.3 is 15.2 Å². The van der Waals surface area contributed by atoms with Gasteiger partial charge in [-0.3, -0.25) is 4.79 Å². The first-order valence-corrected chi connectivity index (χ1v) is 7.33. The summed E-state index contributed by atoms with van der Waals surface area (Å²) < 4.78 is 5.19. The third-order valence-electron chi connectivity index (χ3n) is 4.69. The van der Waals surface area contributed by atoms with Crippen LogP contribution in [0.15, 0.2) is 30.3 Å². The summed E-state index contributed by atoms with van der Waals surface area (Å²) in [5.74, 6) is -0.206. The fraction of sp³-hybridized carbons (Fsp3) is 0.500. The summed E-state index contributed by atoms with van der Waals surface area (Å²) in [7, 11) is 0. The maximum Gasteiger partial charge on any atom is 0.407 e. The second-order valence-electron chi connectivity index (χ2n) is 5.98. The maximum atomic E-state index is 11.8. The highest BCUT2D eigenvalue weighted by molar-refractivity contribution is 5.71. The molecule has 2 N–H and O–H groups in total. The molecule has 4 atom stereocenters. The van der Waals surface area contributed by atoms with E-state index in [1.807, 2.05) is 30.3 Å². The number of nitrogens with one attached hydrogen (secondary N) is 1. The number of fused-ring (bicyclic) bond motifs is 1. The molecule has 3 rings (SSSR count). The first kappa shape index (κ1) is 13.9. The average Bonchev–Trinajstić information content (AvgIpc) is 2.81. The second kappa shape index (κ2) is 5.76. The molecule has 0 heterocycles. The number of ether oxygens (including phenoxy) is 1. The number of aliphatic carboxylic acids is 1. The van der Waals surface area contributed by atoms with Crippen LogP contribution in [-0.4, -0.2) is 23.2 Å². The van der Waals surface area contributed by atoms with Gasteiger partial charge in [0.15, 0.2) is 0 Å². The lowest BCUT2D eigenvalue weighted by molar-refractivity contribution is -0.141. The average molecular weight is 289 g/mol. The van der Waals surface area contributed by atoms with E-state index in [0.29, 0.717) is 18.3 Å². The Bertz CT molecular complexity index is 530. The van der Waals surface area contributed by atoms with E-state index in [2.05, 4.69) is 5.32 Å². The van der Waals surface area contributed by atoms with Gasteiger partial charge in [-0.25, -0.2) is 4.79 Å². The molecule has 1 aromatic rings. The molecule has 0 aliphatic heterocycles. The largest absolute Gasteiger partial charge is 0.481 e. The van der Waals surface area contributed by atoms with E-state index in [1.165, 1.54) is 0 Å². The van der Waals surface area contributed by atoms with Gasteiger partial charge in [-0.2, -0.15) is 0 Å². The predicted molar refractivity (Wildman–Crippen MR) is 75.5 cm³/mol. The Labute approximate surface area is 123 Å². The van der Waals surface area contributed by atoms with Crippen molar-refractivity contribution in [3.05, 3.63) is 35.9 Å². The third kappa shape index (κ3) is 3.01. The van der Waals surface area contributed by atoms with E-state index < -0.39 is 12.1 Å². The first-order valence-electron chi connectivity index (χ1n) is 7.33. The number of hydrogen-bond acceptors (Lipinski definition) is 3. The van der Waals surface area contributed by atoms with Gasteiger partial charge >= 0.3 is 12.1 Å². The van der Waals surface area contributed by atoms with Gasteiger partial charge in [-0.05, 0) is 36.7 Å². The molecule has 0 aromatic heterocycles. The SMILES string of the molecule is O=C(N[C@H]1C[C@@H]2CC(C(=O)O)C[C@@H]21)OCc1ccccc1. The lowest BCUT2D eigenvalue weighted by Gasteiger charge is -2.40. The molecule has 21 heavy (non-hydrogen) atoms. The molecule has 0 bridgehead atoms. The van der Waals surface area contributed by atoms with Gasteiger partial charge in [-0.15, -0.1) is 0 Å². The number of carbonyl (C=O) groups excluding carboxylic acids is 1. The van der Waals surface area contributed by atoms with Crippen LogP contribution in [0.5, 0.6) is 0 Å². The normalized spacial score (nSPS) is 30.1. The van der Waals surface area contributed by atoms with E-state index in [1.54, 1.807) is 0 Å². The molecule has 112 valence electrons. The summed E-state index contributed by atoms with van der Waals surface area (Å²) in [4.78, 5) is 22.8. The quantitative estimate of drug-likeness (QED) is 0.892. The molecule has 2 saturated carbocycles. The number of hydrogen-bond donors (Lipinski definition) is 2. The summed E-state index contributed by atoms with van der Waals surface area (Å²) in [6, 6.07) is 9.59. The van der Waals surface area contributed by atoms with Crippen LogP contribution in [0.2, 0.25) is 0 Å². The van der Waals surface area contributed by atoms with E-state index in [9.17, 15) is 9.59 Å². The van der Waals surface area contributed by atoms with Gasteiger partial charge in [0.1, 0.15) is 6.61 Å². The van der Waals surface area contributed by atoms with E-state index in [-0.39, 0.29) is 18.6 Å². The molecule has 0 saturated heterocycles. The van der Waals surface area contributed by atoms with Gasteiger partial charge in [-0.1, -0.05) is 30.3 Å². The van der Waals surface area contributed by atoms with Crippen LogP contribution in [0, 0.1) is 17.8 Å². The highest BCUT2D eigenvalue weighted by Gasteiger charge is 2.50. The van der Waals surface area contributed by atoms with Gasteiger partial charge in [0.25, 0.3) is 0 Å². The smallest absolute Gasteiger partial charge is 0.407 e. The minimum absolute atomic E-state index is 0.0719. The van der Waals surface area contributed by atoms with Crippen molar-refractivity contribution in [1.82, 2.24) is 5.32 Å². The minimum Gasteiger partial charge on any atom is -0.481 e. The Hall–Kier alpha value is -2.04. The van der Waals surface area contributed by atoms with E-state index in [4.69, 9.17) is 9.84 Å². The summed E-state index contributed by atoms with van der Waals surface area (Å²) in [5, 5.41) is 11.9. The highest BCUT2D eigenvalue weighted by atomic mass is 16.5. The van der Waals surface area contributed by atoms with Crippen LogP contribution in [0.1, 0.15) is 24.8 Å². The number of benzene rings is 1. The summed E-state index contributed by atoms with van der Waals surface area (Å²) in [6.45, 7) is 0.255. The van der Waals surface area contributed by atoms with Crippen LogP contribution in [0.3, 0.4) is 0 Å². The molecular formula is C16H19NO4. The van der Waals surface area contributed by atoms with Crippen molar-refractivity contribution in [2.75, 3.05) is 0 Å². The van der Waals surface area contributed by atoms with Crippen molar-refractivity contribution in [3.63, 3.8) is 0 Å². The van der Waals surface area contributed by atoms with Crippen molar-refractivity contribution in [3.8, 4) is 0 Å². The molecule has 5 nitrogen and oxygen atoms in total. The monoisotopic (exact) mass is 289 g/mol. The zero-order valence-electron chi connectivity index (χ0n) is 11.7. The van der Waals surface area contributed by atoms with Crippen molar-refractivity contribution >= 4 is 12.1 Å². The van der Waals surface area contributed by atoms with Gasteiger partial charge in [0.05, 0.1) is 5.92 Å². The molecule has 0 spiro atoms. The van der Waals surface area contributed by atoms with Crippen LogP contribution in [0.4, 0.5) is 4.79 Å². The summed E-state index contributed by atoms with van der Waals surface area (Å²) in [5.41, 5.74) is 0.950. The Morgan fingerprint density at radius 3 is 2.67 bits per heavy atom. The van der Waals surface area contributed by atoms with Crippen molar-refractivity contribution in [2.45, 2.75) is 31.9 Å². The topological polar surface area (TPSA) is 75.6 Å². The lowest BCUT2D eigenvalue weighted by Crippen LogP contribution is -2.50. The molecule has 2 aliphatic carbocycles.